The van der Waals surface area contributed by atoms with E-state index in [2.05, 4.69) is 27.9 Å². The minimum Gasteiger partial charge on any atom is -0.331 e. The molecule has 1 saturated heterocycles. The van der Waals surface area contributed by atoms with Crippen molar-refractivity contribution < 1.29 is 9.59 Å². The monoisotopic (exact) mass is 483 g/mol. The molecule has 2 amide bonds. The third-order valence-electron chi connectivity index (χ3n) is 6.26. The van der Waals surface area contributed by atoms with Gasteiger partial charge in [-0.05, 0) is 56.8 Å². The highest BCUT2D eigenvalue weighted by molar-refractivity contribution is 7.97. The maximum absolute atomic E-state index is 13.9. The lowest BCUT2D eigenvalue weighted by Crippen LogP contribution is -2.55. The Balaban J connectivity index is 1.87. The lowest BCUT2D eigenvalue weighted by molar-refractivity contribution is -0.155. The molecular weight excluding hydrogens is 450 g/mol. The lowest BCUT2D eigenvalue weighted by atomic mass is 9.74. The quantitative estimate of drug-likeness (QED) is 0.457. The van der Waals surface area contributed by atoms with E-state index in [0.717, 1.165) is 30.2 Å². The molecule has 31 heavy (non-hydrogen) atoms. The minimum atomic E-state index is -0.682. The van der Waals surface area contributed by atoms with Gasteiger partial charge in [0.1, 0.15) is 0 Å². The van der Waals surface area contributed by atoms with Gasteiger partial charge in [-0.25, -0.2) is 0 Å². The van der Waals surface area contributed by atoms with Crippen molar-refractivity contribution >= 4 is 47.3 Å². The van der Waals surface area contributed by atoms with Crippen LogP contribution in [0.1, 0.15) is 64.0 Å². The molecule has 1 aromatic carbocycles. The molecule has 0 spiro atoms. The SMILES string of the molecule is CC[C@@H](CN(C)SC1CC1)N1C(=O)[C@@](C)(CC(=O)NSC)CC[C@H]1c1ccc(Cl)cc1. The topological polar surface area (TPSA) is 52.7 Å². The van der Waals surface area contributed by atoms with E-state index in [9.17, 15) is 9.59 Å². The third-order valence-corrected chi connectivity index (χ3v) is 8.23. The molecule has 5 nitrogen and oxygen atoms in total. The lowest BCUT2D eigenvalue weighted by Gasteiger charge is -2.48. The number of piperidine rings is 1. The van der Waals surface area contributed by atoms with Crippen LogP contribution in [0, 0.1) is 5.41 Å². The van der Waals surface area contributed by atoms with E-state index in [1.165, 1.54) is 24.8 Å². The van der Waals surface area contributed by atoms with Crippen LogP contribution in [0.25, 0.3) is 0 Å². The molecule has 1 aliphatic carbocycles. The number of amides is 2. The Morgan fingerprint density at radius 2 is 2.00 bits per heavy atom. The largest absolute Gasteiger partial charge is 0.331 e. The standard InChI is InChI=1S/C23H34ClN3O2S2/c1-5-18(15-26(3)31-19-10-11-19)27-20(16-6-8-17(24)9-7-16)12-13-23(2,22(27)29)14-21(28)25-30-4/h6-9,18-20H,5,10-15H2,1-4H3,(H,25,28)/t18-,20-,23+/m0/s1. The summed E-state index contributed by atoms with van der Waals surface area (Å²) in [5.74, 6) is 0.00863. The number of rotatable bonds is 10. The molecule has 1 saturated carbocycles. The third kappa shape index (κ3) is 6.34. The molecule has 1 aliphatic heterocycles. The van der Waals surface area contributed by atoms with Crippen LogP contribution in [-0.2, 0) is 9.59 Å². The van der Waals surface area contributed by atoms with Crippen LogP contribution < -0.4 is 4.72 Å². The van der Waals surface area contributed by atoms with Crippen molar-refractivity contribution in [2.45, 2.75) is 69.7 Å². The van der Waals surface area contributed by atoms with Gasteiger partial charge in [-0.2, -0.15) is 0 Å². The highest BCUT2D eigenvalue weighted by Crippen LogP contribution is 2.45. The molecule has 8 heteroatoms. The molecule has 3 rings (SSSR count). The molecule has 172 valence electrons. The molecule has 2 fully saturated rings. The summed E-state index contributed by atoms with van der Waals surface area (Å²) in [7, 11) is 2.13. The molecule has 1 N–H and O–H groups in total. The van der Waals surface area contributed by atoms with E-state index in [4.69, 9.17) is 11.6 Å². The maximum Gasteiger partial charge on any atom is 0.230 e. The fourth-order valence-corrected chi connectivity index (χ4v) is 5.98. The van der Waals surface area contributed by atoms with E-state index in [1.807, 2.05) is 49.4 Å². The number of benzene rings is 1. The van der Waals surface area contributed by atoms with E-state index in [-0.39, 0.29) is 30.3 Å². The van der Waals surface area contributed by atoms with E-state index >= 15 is 0 Å². The molecule has 0 bridgehead atoms. The van der Waals surface area contributed by atoms with Gasteiger partial charge in [0.05, 0.1) is 11.5 Å². The second-order valence-electron chi connectivity index (χ2n) is 8.96. The average molecular weight is 484 g/mol. The van der Waals surface area contributed by atoms with Crippen molar-refractivity contribution in [3.05, 3.63) is 34.9 Å². The normalized spacial score (nSPS) is 25.0. The van der Waals surface area contributed by atoms with Crippen LogP contribution in [0.15, 0.2) is 24.3 Å². The zero-order chi connectivity index (χ0) is 22.6. The second-order valence-corrected chi connectivity index (χ2v) is 11.5. The summed E-state index contributed by atoms with van der Waals surface area (Å²) in [6.07, 6.45) is 7.02. The molecule has 2 aliphatic rings. The number of likely N-dealkylation sites (N-methyl/N-ethyl adjacent to an activating group) is 1. The average Bonchev–Trinajstić information content (AvgIpc) is 3.53. The van der Waals surface area contributed by atoms with Gasteiger partial charge in [-0.1, -0.05) is 61.5 Å². The minimum absolute atomic E-state index is 0.00530. The molecule has 0 unspecified atom stereocenters. The molecular formula is C23H34ClN3O2S2. The first-order chi connectivity index (χ1) is 14.8. The highest BCUT2D eigenvalue weighted by atomic mass is 35.5. The first kappa shape index (κ1) is 24.7. The number of hydrogen-bond acceptors (Lipinski definition) is 5. The van der Waals surface area contributed by atoms with Crippen LogP contribution in [0.4, 0.5) is 0 Å². The van der Waals surface area contributed by atoms with Crippen molar-refractivity contribution in [2.24, 2.45) is 5.41 Å². The Bertz CT molecular complexity index is 775. The Kier molecular flexibility index (Phi) is 8.64. The Hall–Kier alpha value is -0.890. The van der Waals surface area contributed by atoms with Gasteiger partial charge in [0.2, 0.25) is 11.8 Å². The van der Waals surface area contributed by atoms with Crippen LogP contribution in [0.5, 0.6) is 0 Å². The first-order valence-electron chi connectivity index (χ1n) is 11.1. The first-order valence-corrected chi connectivity index (χ1v) is 13.5. The molecule has 0 aromatic heterocycles. The van der Waals surface area contributed by atoms with Crippen molar-refractivity contribution in [1.82, 2.24) is 13.9 Å². The summed E-state index contributed by atoms with van der Waals surface area (Å²) in [6.45, 7) is 4.93. The number of nitrogens with one attached hydrogen (secondary N) is 1. The Morgan fingerprint density at radius 3 is 2.58 bits per heavy atom. The zero-order valence-corrected chi connectivity index (χ0v) is 21.3. The predicted octanol–water partition coefficient (Wildman–Crippen LogP) is 5.32. The number of carbonyl (C=O) groups excluding carboxylic acids is 2. The molecule has 0 radical (unpaired) electrons. The number of carbonyl (C=O) groups is 2. The maximum atomic E-state index is 13.9. The van der Waals surface area contributed by atoms with E-state index in [1.54, 1.807) is 0 Å². The summed E-state index contributed by atoms with van der Waals surface area (Å²) in [6, 6.07) is 7.96. The number of likely N-dealkylation sites (tertiary alicyclic amines) is 1. The fraction of sp³-hybridized carbons (Fsp3) is 0.652. The van der Waals surface area contributed by atoms with Gasteiger partial charge in [-0.3, -0.25) is 13.9 Å². The summed E-state index contributed by atoms with van der Waals surface area (Å²) >= 11 is 9.31. The summed E-state index contributed by atoms with van der Waals surface area (Å²) in [4.78, 5) is 28.4. The van der Waals surface area contributed by atoms with E-state index in [0.29, 0.717) is 11.4 Å². The zero-order valence-electron chi connectivity index (χ0n) is 18.9. The van der Waals surface area contributed by atoms with Crippen LogP contribution in [-0.4, -0.2) is 52.2 Å². The van der Waals surface area contributed by atoms with E-state index < -0.39 is 5.41 Å². The van der Waals surface area contributed by atoms with Crippen molar-refractivity contribution in [3.8, 4) is 0 Å². The number of halogens is 1. The van der Waals surface area contributed by atoms with Gasteiger partial charge in [-0.15, -0.1) is 0 Å². The van der Waals surface area contributed by atoms with Crippen LogP contribution in [0.2, 0.25) is 5.02 Å². The Labute approximate surface area is 200 Å². The van der Waals surface area contributed by atoms with Crippen LogP contribution in [0.3, 0.4) is 0 Å². The predicted molar refractivity (Wildman–Crippen MR) is 132 cm³/mol. The van der Waals surface area contributed by atoms with Gasteiger partial charge in [0.25, 0.3) is 0 Å². The van der Waals surface area contributed by atoms with Crippen molar-refractivity contribution in [1.29, 1.82) is 0 Å². The van der Waals surface area contributed by atoms with Gasteiger partial charge >= 0.3 is 0 Å². The van der Waals surface area contributed by atoms with Gasteiger partial charge < -0.3 is 9.62 Å². The van der Waals surface area contributed by atoms with Crippen molar-refractivity contribution in [3.63, 3.8) is 0 Å². The fourth-order valence-electron chi connectivity index (χ4n) is 4.44. The van der Waals surface area contributed by atoms with Crippen LogP contribution >= 0.6 is 35.5 Å². The smallest absolute Gasteiger partial charge is 0.230 e. The van der Waals surface area contributed by atoms with Crippen molar-refractivity contribution in [2.75, 3.05) is 19.8 Å². The number of nitrogens with zero attached hydrogens (tertiary/aromatic N) is 2. The highest BCUT2D eigenvalue weighted by Gasteiger charge is 2.47. The number of hydrogen-bond donors (Lipinski definition) is 1. The molecule has 1 heterocycles. The van der Waals surface area contributed by atoms with Gasteiger partial charge in [0, 0.05) is 35.5 Å². The summed E-state index contributed by atoms with van der Waals surface area (Å²) in [5.41, 5.74) is 0.433. The summed E-state index contributed by atoms with van der Waals surface area (Å²) < 4.78 is 5.08. The second kappa shape index (κ2) is 10.8. The molecule has 1 aromatic rings. The Morgan fingerprint density at radius 1 is 1.32 bits per heavy atom. The molecule has 3 atom stereocenters. The summed E-state index contributed by atoms with van der Waals surface area (Å²) in [5, 5.41) is 1.43. The van der Waals surface area contributed by atoms with Gasteiger partial charge in [0.15, 0.2) is 0 Å².